The second-order valence-corrected chi connectivity index (χ2v) is 3.19. The fourth-order valence-corrected chi connectivity index (χ4v) is 1.59. The summed E-state index contributed by atoms with van der Waals surface area (Å²) in [4.78, 5) is 0. The van der Waals surface area contributed by atoms with E-state index >= 15 is 0 Å². The summed E-state index contributed by atoms with van der Waals surface area (Å²) in [7, 11) is 1.94. The summed E-state index contributed by atoms with van der Waals surface area (Å²) in [5.74, 6) is 0. The van der Waals surface area contributed by atoms with E-state index in [-0.39, 0.29) is 0 Å². The molecule has 0 atom stereocenters. The van der Waals surface area contributed by atoms with Crippen LogP contribution in [0.3, 0.4) is 0 Å². The number of nitrogens with zero attached hydrogens (tertiary/aromatic N) is 2. The molecule has 0 saturated heterocycles. The molecule has 3 nitrogen and oxygen atoms in total. The van der Waals surface area contributed by atoms with Gasteiger partial charge in [0, 0.05) is 18.6 Å². The minimum Gasteiger partial charge on any atom is -0.330 e. The van der Waals surface area contributed by atoms with Gasteiger partial charge in [0.25, 0.3) is 0 Å². The molecule has 0 aliphatic rings. The molecular formula is C10H13N3. The van der Waals surface area contributed by atoms with Crippen LogP contribution in [0, 0.1) is 0 Å². The number of benzene rings is 1. The fourth-order valence-electron chi connectivity index (χ4n) is 1.59. The minimum atomic E-state index is 0.688. The number of nitrogens with two attached hydrogens (primary N) is 1. The van der Waals surface area contributed by atoms with E-state index in [0.29, 0.717) is 6.54 Å². The molecule has 0 aliphatic carbocycles. The van der Waals surface area contributed by atoms with Gasteiger partial charge in [0.2, 0.25) is 0 Å². The lowest BCUT2D eigenvalue weighted by Gasteiger charge is -1.98. The van der Waals surface area contributed by atoms with E-state index in [1.165, 1.54) is 10.9 Å². The van der Waals surface area contributed by atoms with E-state index in [4.69, 9.17) is 5.73 Å². The Morgan fingerprint density at radius 2 is 2.31 bits per heavy atom. The van der Waals surface area contributed by atoms with Gasteiger partial charge >= 0.3 is 0 Å². The molecule has 0 fully saturated rings. The zero-order valence-electron chi connectivity index (χ0n) is 7.70. The Balaban J connectivity index is 2.60. The first-order chi connectivity index (χ1) is 6.31. The van der Waals surface area contributed by atoms with E-state index < -0.39 is 0 Å². The van der Waals surface area contributed by atoms with Crippen molar-refractivity contribution >= 4 is 10.9 Å². The molecule has 1 heterocycles. The summed E-state index contributed by atoms with van der Waals surface area (Å²) >= 11 is 0. The smallest absolute Gasteiger partial charge is 0.0925 e. The standard InChI is InChI=1S/C10H13N3/c1-13-7-9-8(5-6-11)3-2-4-10(9)12-13/h2-4,7H,5-6,11H2,1H3. The third-order valence-electron chi connectivity index (χ3n) is 2.17. The third-order valence-corrected chi connectivity index (χ3v) is 2.17. The molecular weight excluding hydrogens is 162 g/mol. The van der Waals surface area contributed by atoms with Crippen LogP contribution in [0.4, 0.5) is 0 Å². The Kier molecular flexibility index (Phi) is 2.02. The Bertz CT molecular complexity index is 417. The van der Waals surface area contributed by atoms with Crippen molar-refractivity contribution in [3.8, 4) is 0 Å². The molecule has 1 aromatic carbocycles. The van der Waals surface area contributed by atoms with Crippen molar-refractivity contribution in [3.63, 3.8) is 0 Å². The highest BCUT2D eigenvalue weighted by Gasteiger charge is 2.02. The maximum atomic E-state index is 5.53. The second kappa shape index (κ2) is 3.18. The predicted molar refractivity (Wildman–Crippen MR) is 53.5 cm³/mol. The molecule has 68 valence electrons. The Morgan fingerprint density at radius 3 is 3.08 bits per heavy atom. The topological polar surface area (TPSA) is 43.8 Å². The molecule has 1 aromatic heterocycles. The average molecular weight is 175 g/mol. The normalized spacial score (nSPS) is 10.9. The summed E-state index contributed by atoms with van der Waals surface area (Å²) in [6.07, 6.45) is 2.96. The van der Waals surface area contributed by atoms with Crippen molar-refractivity contribution in [2.75, 3.05) is 6.54 Å². The SMILES string of the molecule is Cn1cc2c(CCN)cccc2n1. The van der Waals surface area contributed by atoms with Gasteiger partial charge in [0.15, 0.2) is 0 Å². The maximum absolute atomic E-state index is 5.53. The van der Waals surface area contributed by atoms with Gasteiger partial charge in [0.05, 0.1) is 5.52 Å². The number of aromatic nitrogens is 2. The molecule has 0 aliphatic heterocycles. The van der Waals surface area contributed by atoms with Crippen molar-refractivity contribution in [3.05, 3.63) is 30.0 Å². The monoisotopic (exact) mass is 175 g/mol. The molecule has 0 spiro atoms. The minimum absolute atomic E-state index is 0.688. The zero-order valence-corrected chi connectivity index (χ0v) is 7.70. The number of aryl methyl sites for hydroxylation is 1. The summed E-state index contributed by atoms with van der Waals surface area (Å²) in [5.41, 5.74) is 7.87. The Morgan fingerprint density at radius 1 is 1.46 bits per heavy atom. The second-order valence-electron chi connectivity index (χ2n) is 3.19. The molecule has 2 N–H and O–H groups in total. The highest BCUT2D eigenvalue weighted by molar-refractivity contribution is 5.81. The van der Waals surface area contributed by atoms with Crippen LogP contribution in [-0.2, 0) is 13.5 Å². The van der Waals surface area contributed by atoms with Crippen LogP contribution in [0.25, 0.3) is 10.9 Å². The average Bonchev–Trinajstić information content (AvgIpc) is 2.47. The molecule has 0 amide bonds. The third kappa shape index (κ3) is 1.42. The molecule has 0 unspecified atom stereocenters. The van der Waals surface area contributed by atoms with E-state index in [9.17, 15) is 0 Å². The van der Waals surface area contributed by atoms with Gasteiger partial charge in [-0.25, -0.2) is 0 Å². The van der Waals surface area contributed by atoms with E-state index in [1.54, 1.807) is 0 Å². The quantitative estimate of drug-likeness (QED) is 0.742. The van der Waals surface area contributed by atoms with Crippen LogP contribution < -0.4 is 5.73 Å². The fraction of sp³-hybridized carbons (Fsp3) is 0.300. The lowest BCUT2D eigenvalue weighted by Crippen LogP contribution is -2.02. The van der Waals surface area contributed by atoms with E-state index in [2.05, 4.69) is 11.2 Å². The van der Waals surface area contributed by atoms with Gasteiger partial charge < -0.3 is 5.73 Å². The first-order valence-electron chi connectivity index (χ1n) is 4.42. The van der Waals surface area contributed by atoms with E-state index in [1.807, 2.05) is 30.1 Å². The van der Waals surface area contributed by atoms with Crippen molar-refractivity contribution in [1.82, 2.24) is 9.78 Å². The summed E-state index contributed by atoms with van der Waals surface area (Å²) in [5, 5.41) is 5.55. The molecule has 0 bridgehead atoms. The van der Waals surface area contributed by atoms with Crippen LogP contribution in [0.5, 0.6) is 0 Å². The first kappa shape index (κ1) is 8.26. The lowest BCUT2D eigenvalue weighted by atomic mass is 10.1. The number of fused-ring (bicyclic) bond motifs is 1. The highest BCUT2D eigenvalue weighted by atomic mass is 15.2. The Hall–Kier alpha value is -1.35. The van der Waals surface area contributed by atoms with Crippen molar-refractivity contribution in [2.45, 2.75) is 6.42 Å². The first-order valence-corrected chi connectivity index (χ1v) is 4.42. The van der Waals surface area contributed by atoms with Crippen LogP contribution in [0.2, 0.25) is 0 Å². The number of hydrogen-bond donors (Lipinski definition) is 1. The van der Waals surface area contributed by atoms with Crippen molar-refractivity contribution < 1.29 is 0 Å². The predicted octanol–water partition coefficient (Wildman–Crippen LogP) is 1.07. The molecule has 2 aromatic rings. The maximum Gasteiger partial charge on any atom is 0.0925 e. The van der Waals surface area contributed by atoms with Crippen LogP contribution in [-0.4, -0.2) is 16.3 Å². The molecule has 3 heteroatoms. The largest absolute Gasteiger partial charge is 0.330 e. The molecule has 0 radical (unpaired) electrons. The van der Waals surface area contributed by atoms with Crippen LogP contribution >= 0.6 is 0 Å². The number of rotatable bonds is 2. The molecule has 0 saturated carbocycles. The highest BCUT2D eigenvalue weighted by Crippen LogP contribution is 2.16. The van der Waals surface area contributed by atoms with Gasteiger partial charge in [0.1, 0.15) is 0 Å². The molecule has 13 heavy (non-hydrogen) atoms. The number of hydrogen-bond acceptors (Lipinski definition) is 2. The van der Waals surface area contributed by atoms with Gasteiger partial charge in [-0.05, 0) is 24.6 Å². The van der Waals surface area contributed by atoms with Gasteiger partial charge in [-0.1, -0.05) is 12.1 Å². The van der Waals surface area contributed by atoms with Crippen molar-refractivity contribution in [1.29, 1.82) is 0 Å². The van der Waals surface area contributed by atoms with Crippen molar-refractivity contribution in [2.24, 2.45) is 12.8 Å². The van der Waals surface area contributed by atoms with Gasteiger partial charge in [-0.2, -0.15) is 5.10 Å². The summed E-state index contributed by atoms with van der Waals surface area (Å²) < 4.78 is 1.84. The van der Waals surface area contributed by atoms with E-state index in [0.717, 1.165) is 11.9 Å². The summed E-state index contributed by atoms with van der Waals surface area (Å²) in [6.45, 7) is 0.688. The molecule has 2 rings (SSSR count). The Labute approximate surface area is 77.2 Å². The van der Waals surface area contributed by atoms with Crippen LogP contribution in [0.15, 0.2) is 24.4 Å². The lowest BCUT2D eigenvalue weighted by molar-refractivity contribution is 0.779. The van der Waals surface area contributed by atoms with Gasteiger partial charge in [-0.15, -0.1) is 0 Å². The van der Waals surface area contributed by atoms with Crippen LogP contribution in [0.1, 0.15) is 5.56 Å². The summed E-state index contributed by atoms with van der Waals surface area (Å²) in [6, 6.07) is 6.16. The zero-order chi connectivity index (χ0) is 9.26. The van der Waals surface area contributed by atoms with Gasteiger partial charge in [-0.3, -0.25) is 4.68 Å².